The van der Waals surface area contributed by atoms with Crippen LogP contribution in [0.25, 0.3) is 0 Å². The van der Waals surface area contributed by atoms with E-state index in [1.54, 1.807) is 13.8 Å². The lowest BCUT2D eigenvalue weighted by molar-refractivity contribution is 0.266. The van der Waals surface area contributed by atoms with Crippen molar-refractivity contribution in [2.45, 2.75) is 77.5 Å². The highest BCUT2D eigenvalue weighted by Crippen LogP contribution is 2.20. The van der Waals surface area contributed by atoms with Crippen molar-refractivity contribution in [3.8, 4) is 0 Å². The van der Waals surface area contributed by atoms with Gasteiger partial charge in [-0.05, 0) is 52.7 Å². The van der Waals surface area contributed by atoms with Gasteiger partial charge in [-0.2, -0.15) is 0 Å². The third-order valence-corrected chi connectivity index (χ3v) is 3.70. The normalized spacial score (nSPS) is 28.2. The van der Waals surface area contributed by atoms with Gasteiger partial charge in [0.2, 0.25) is 0 Å². The summed E-state index contributed by atoms with van der Waals surface area (Å²) in [5.41, 5.74) is 0. The van der Waals surface area contributed by atoms with Crippen molar-refractivity contribution in [2.75, 3.05) is 0 Å². The standard InChI is InChI=1S/C16H30N2O2/c1-11(9-13(3)19)17-15-7-5-6-8-16(15)18-12(2)10-14(4)20/h9-12,15-20H,5-8H2,1-4H3/b13-9-,14-10-. The Labute approximate surface area is 123 Å². The zero-order valence-corrected chi connectivity index (χ0v) is 13.2. The number of aliphatic hydroxyl groups excluding tert-OH is 2. The molecule has 1 rings (SSSR count). The summed E-state index contributed by atoms with van der Waals surface area (Å²) in [6.07, 6.45) is 8.46. The van der Waals surface area contributed by atoms with Crippen molar-refractivity contribution < 1.29 is 10.2 Å². The molecule has 20 heavy (non-hydrogen) atoms. The monoisotopic (exact) mass is 282 g/mol. The van der Waals surface area contributed by atoms with E-state index in [9.17, 15) is 10.2 Å². The van der Waals surface area contributed by atoms with E-state index < -0.39 is 0 Å². The van der Waals surface area contributed by atoms with Crippen LogP contribution >= 0.6 is 0 Å². The molecular formula is C16H30N2O2. The van der Waals surface area contributed by atoms with Crippen molar-refractivity contribution in [1.82, 2.24) is 10.6 Å². The minimum atomic E-state index is 0.165. The Morgan fingerprint density at radius 3 is 1.55 bits per heavy atom. The lowest BCUT2D eigenvalue weighted by atomic mass is 9.89. The molecule has 4 heteroatoms. The van der Waals surface area contributed by atoms with Gasteiger partial charge in [0, 0.05) is 24.2 Å². The molecule has 1 aliphatic rings. The highest BCUT2D eigenvalue weighted by Gasteiger charge is 2.26. The van der Waals surface area contributed by atoms with Gasteiger partial charge < -0.3 is 20.8 Å². The van der Waals surface area contributed by atoms with E-state index in [0.717, 1.165) is 12.8 Å². The van der Waals surface area contributed by atoms with Gasteiger partial charge in [-0.25, -0.2) is 0 Å². The fourth-order valence-electron chi connectivity index (χ4n) is 3.03. The van der Waals surface area contributed by atoms with Crippen LogP contribution in [0.1, 0.15) is 53.4 Å². The molecule has 0 aromatic carbocycles. The lowest BCUT2D eigenvalue weighted by Crippen LogP contribution is -2.53. The summed E-state index contributed by atoms with van der Waals surface area (Å²) in [4.78, 5) is 0. The predicted octanol–water partition coefficient (Wildman–Crippen LogP) is 3.18. The molecule has 1 saturated carbocycles. The van der Waals surface area contributed by atoms with E-state index in [-0.39, 0.29) is 12.1 Å². The highest BCUT2D eigenvalue weighted by molar-refractivity contribution is 5.00. The maximum atomic E-state index is 9.33. The minimum absolute atomic E-state index is 0.165. The quantitative estimate of drug-likeness (QED) is 0.565. The van der Waals surface area contributed by atoms with Crippen LogP contribution in [0, 0.1) is 0 Å². The Hall–Kier alpha value is -1.00. The fraction of sp³-hybridized carbons (Fsp3) is 0.750. The van der Waals surface area contributed by atoms with Crippen molar-refractivity contribution in [2.24, 2.45) is 0 Å². The molecule has 0 radical (unpaired) electrons. The first kappa shape index (κ1) is 17.1. The third kappa shape index (κ3) is 6.44. The minimum Gasteiger partial charge on any atom is -0.513 e. The molecule has 4 nitrogen and oxygen atoms in total. The molecule has 0 heterocycles. The Bertz CT molecular complexity index is 310. The topological polar surface area (TPSA) is 64.5 Å². The summed E-state index contributed by atoms with van der Waals surface area (Å²) in [5.74, 6) is 0.718. The van der Waals surface area contributed by atoms with E-state index in [1.807, 2.05) is 12.2 Å². The first-order valence-electron chi connectivity index (χ1n) is 7.65. The third-order valence-electron chi connectivity index (χ3n) is 3.70. The molecule has 0 aromatic heterocycles. The van der Waals surface area contributed by atoms with Crippen molar-refractivity contribution in [1.29, 1.82) is 0 Å². The molecule has 1 fully saturated rings. The molecule has 0 aromatic rings. The first-order chi connectivity index (χ1) is 9.38. The SMILES string of the molecule is C/C(O)=C/C(C)NC1CCCCC1NC(C)/C=C(/C)O. The number of allylic oxidation sites excluding steroid dienone is 2. The van der Waals surface area contributed by atoms with E-state index in [2.05, 4.69) is 24.5 Å². The molecule has 4 N–H and O–H groups in total. The zero-order valence-electron chi connectivity index (χ0n) is 13.2. The number of aliphatic hydroxyl groups is 2. The van der Waals surface area contributed by atoms with E-state index in [1.165, 1.54) is 12.8 Å². The average molecular weight is 282 g/mol. The molecule has 0 saturated heterocycles. The number of nitrogens with one attached hydrogen (secondary N) is 2. The molecule has 4 atom stereocenters. The average Bonchev–Trinajstić information content (AvgIpc) is 2.29. The maximum absolute atomic E-state index is 9.33. The Kier molecular flexibility index (Phi) is 7.10. The van der Waals surface area contributed by atoms with Gasteiger partial charge in [0.15, 0.2) is 0 Å². The molecule has 0 spiro atoms. The van der Waals surface area contributed by atoms with Crippen LogP contribution < -0.4 is 10.6 Å². The van der Waals surface area contributed by atoms with Crippen LogP contribution in [0.3, 0.4) is 0 Å². The second kappa shape index (κ2) is 8.32. The maximum Gasteiger partial charge on any atom is 0.0867 e. The Morgan fingerprint density at radius 2 is 1.25 bits per heavy atom. The van der Waals surface area contributed by atoms with E-state index in [0.29, 0.717) is 23.6 Å². The van der Waals surface area contributed by atoms with Crippen LogP contribution in [-0.2, 0) is 0 Å². The molecule has 0 amide bonds. The Morgan fingerprint density at radius 1 is 0.900 bits per heavy atom. The first-order valence-corrected chi connectivity index (χ1v) is 7.65. The molecule has 0 aliphatic heterocycles. The van der Waals surface area contributed by atoms with Gasteiger partial charge in [-0.3, -0.25) is 0 Å². The highest BCUT2D eigenvalue weighted by atomic mass is 16.3. The van der Waals surface area contributed by atoms with Gasteiger partial charge in [0.05, 0.1) is 11.5 Å². The van der Waals surface area contributed by atoms with Crippen LogP contribution in [-0.4, -0.2) is 34.4 Å². The second-order valence-corrected chi connectivity index (χ2v) is 6.02. The summed E-state index contributed by atoms with van der Waals surface area (Å²) < 4.78 is 0. The van der Waals surface area contributed by atoms with E-state index >= 15 is 0 Å². The van der Waals surface area contributed by atoms with Crippen LogP contribution in [0.15, 0.2) is 23.7 Å². The number of rotatable bonds is 6. The van der Waals surface area contributed by atoms with Crippen LogP contribution in [0.4, 0.5) is 0 Å². The van der Waals surface area contributed by atoms with Crippen molar-refractivity contribution in [3.63, 3.8) is 0 Å². The Balaban J connectivity index is 2.58. The van der Waals surface area contributed by atoms with Gasteiger partial charge in [0.1, 0.15) is 0 Å². The predicted molar refractivity (Wildman–Crippen MR) is 84.0 cm³/mol. The number of hydrogen-bond donors (Lipinski definition) is 4. The van der Waals surface area contributed by atoms with Crippen molar-refractivity contribution in [3.05, 3.63) is 23.7 Å². The molecule has 4 unspecified atom stereocenters. The largest absolute Gasteiger partial charge is 0.513 e. The molecular weight excluding hydrogens is 252 g/mol. The summed E-state index contributed by atoms with van der Waals surface area (Å²) >= 11 is 0. The van der Waals surface area contributed by atoms with Gasteiger partial charge in [-0.15, -0.1) is 0 Å². The fourth-order valence-corrected chi connectivity index (χ4v) is 3.03. The summed E-state index contributed by atoms with van der Waals surface area (Å²) in [7, 11) is 0. The molecule has 116 valence electrons. The van der Waals surface area contributed by atoms with Gasteiger partial charge in [0.25, 0.3) is 0 Å². The lowest BCUT2D eigenvalue weighted by Gasteiger charge is -2.36. The number of hydrogen-bond acceptors (Lipinski definition) is 4. The zero-order chi connectivity index (χ0) is 15.1. The molecule has 0 bridgehead atoms. The van der Waals surface area contributed by atoms with Gasteiger partial charge in [-0.1, -0.05) is 12.8 Å². The van der Waals surface area contributed by atoms with Gasteiger partial charge >= 0.3 is 0 Å². The van der Waals surface area contributed by atoms with Crippen LogP contribution in [0.2, 0.25) is 0 Å². The van der Waals surface area contributed by atoms with E-state index in [4.69, 9.17) is 0 Å². The van der Waals surface area contributed by atoms with Crippen molar-refractivity contribution >= 4 is 0 Å². The second-order valence-electron chi connectivity index (χ2n) is 6.02. The summed E-state index contributed by atoms with van der Waals surface area (Å²) in [6, 6.07) is 1.14. The smallest absolute Gasteiger partial charge is 0.0867 e. The molecule has 1 aliphatic carbocycles. The summed E-state index contributed by atoms with van der Waals surface area (Å²) in [5, 5.41) is 25.8. The summed E-state index contributed by atoms with van der Waals surface area (Å²) in [6.45, 7) is 7.52. The van der Waals surface area contributed by atoms with Crippen LogP contribution in [0.5, 0.6) is 0 Å².